The molecule has 1 aliphatic carbocycles. The van der Waals surface area contributed by atoms with Crippen LogP contribution in [0.2, 0.25) is 0 Å². The molecule has 134 valence electrons. The number of nitrogens with zero attached hydrogens (tertiary/aromatic N) is 3. The molecule has 0 saturated heterocycles. The van der Waals surface area contributed by atoms with E-state index in [0.717, 1.165) is 61.8 Å². The van der Waals surface area contributed by atoms with Crippen molar-refractivity contribution in [1.29, 1.82) is 0 Å². The zero-order valence-corrected chi connectivity index (χ0v) is 15.1. The number of allylic oxidation sites excluding steroid dienone is 1. The van der Waals surface area contributed by atoms with Crippen LogP contribution in [0.15, 0.2) is 60.4 Å². The number of rotatable bonds is 1. The summed E-state index contributed by atoms with van der Waals surface area (Å²) in [5, 5.41) is 1.94. The topological polar surface area (TPSA) is 54.5 Å². The lowest BCUT2D eigenvalue weighted by atomic mass is 10.0. The molecule has 0 radical (unpaired) electrons. The van der Waals surface area contributed by atoms with Gasteiger partial charge in [-0.25, -0.2) is 9.37 Å². The van der Waals surface area contributed by atoms with Crippen molar-refractivity contribution in [2.45, 2.75) is 13.3 Å². The van der Waals surface area contributed by atoms with Crippen LogP contribution in [0.25, 0.3) is 38.4 Å². The lowest BCUT2D eigenvalue weighted by Gasteiger charge is -2.04. The van der Waals surface area contributed by atoms with Gasteiger partial charge in [0, 0.05) is 28.7 Å². The summed E-state index contributed by atoms with van der Waals surface area (Å²) in [6, 6.07) is 12.9. The predicted octanol–water partition coefficient (Wildman–Crippen LogP) is 5.18. The van der Waals surface area contributed by atoms with Crippen molar-refractivity contribution in [3.8, 4) is 0 Å². The Hall–Kier alpha value is -3.60. The first-order valence-electron chi connectivity index (χ1n) is 9.21. The summed E-state index contributed by atoms with van der Waals surface area (Å²) in [7, 11) is 0. The molecule has 0 amide bonds. The third-order valence-corrected chi connectivity index (χ3v) is 5.53. The van der Waals surface area contributed by atoms with Crippen LogP contribution in [0.3, 0.4) is 0 Å². The second kappa shape index (κ2) is 5.45. The second-order valence-electron chi connectivity index (χ2n) is 7.24. The van der Waals surface area contributed by atoms with Gasteiger partial charge in [-0.1, -0.05) is 11.6 Å². The second-order valence-corrected chi connectivity index (χ2v) is 7.24. The van der Waals surface area contributed by atoms with Gasteiger partial charge >= 0.3 is 0 Å². The fourth-order valence-electron chi connectivity index (χ4n) is 4.33. The largest absolute Gasteiger partial charge is 0.337 e. The smallest absolute Gasteiger partial charge is 0.139 e. The van der Waals surface area contributed by atoms with Gasteiger partial charge in [-0.3, -0.25) is 9.97 Å². The lowest BCUT2D eigenvalue weighted by molar-refractivity contribution is 0.627. The zero-order valence-electron chi connectivity index (χ0n) is 15.1. The molecule has 5 heteroatoms. The first-order chi connectivity index (χ1) is 13.7. The van der Waals surface area contributed by atoms with E-state index in [1.165, 1.54) is 11.6 Å². The molecule has 0 spiro atoms. The van der Waals surface area contributed by atoms with E-state index in [1.807, 2.05) is 30.3 Å². The van der Waals surface area contributed by atoms with E-state index in [0.29, 0.717) is 0 Å². The number of hydrogen-bond donors (Lipinski definition) is 1. The molecule has 3 heterocycles. The third kappa shape index (κ3) is 2.01. The van der Waals surface area contributed by atoms with Gasteiger partial charge in [-0.05, 0) is 60.9 Å². The fourth-order valence-corrected chi connectivity index (χ4v) is 4.33. The van der Waals surface area contributed by atoms with Gasteiger partial charge in [-0.15, -0.1) is 0 Å². The Balaban J connectivity index is 1.72. The van der Waals surface area contributed by atoms with Crippen molar-refractivity contribution >= 4 is 38.4 Å². The molecule has 5 aromatic rings. The van der Waals surface area contributed by atoms with Crippen molar-refractivity contribution in [2.24, 2.45) is 0 Å². The fraction of sp³-hybridized carbons (Fsp3) is 0.0870. The summed E-state index contributed by atoms with van der Waals surface area (Å²) in [6.07, 6.45) is 4.37. The Kier molecular flexibility index (Phi) is 3.01. The number of hydrogen-bond acceptors (Lipinski definition) is 3. The zero-order chi connectivity index (χ0) is 18.8. The van der Waals surface area contributed by atoms with Crippen LogP contribution in [0.1, 0.15) is 23.9 Å². The number of pyridine rings is 2. The van der Waals surface area contributed by atoms with Crippen molar-refractivity contribution in [3.63, 3.8) is 0 Å². The molecular formula is C23H15FN4. The molecule has 4 nitrogen and oxygen atoms in total. The van der Waals surface area contributed by atoms with Gasteiger partial charge in [0.15, 0.2) is 0 Å². The van der Waals surface area contributed by atoms with Crippen LogP contribution < -0.4 is 0 Å². The Morgan fingerprint density at radius 2 is 1.68 bits per heavy atom. The van der Waals surface area contributed by atoms with Gasteiger partial charge in [0.25, 0.3) is 0 Å². The van der Waals surface area contributed by atoms with E-state index < -0.39 is 0 Å². The van der Waals surface area contributed by atoms with Gasteiger partial charge in [-0.2, -0.15) is 0 Å². The van der Waals surface area contributed by atoms with Gasteiger partial charge in [0.05, 0.1) is 22.1 Å². The summed E-state index contributed by atoms with van der Waals surface area (Å²) in [5.74, 6) is 0.532. The number of H-pyrrole nitrogens is 1. The summed E-state index contributed by atoms with van der Waals surface area (Å²) in [4.78, 5) is 17.6. The number of nitrogens with one attached hydrogen (secondary N) is 1. The highest BCUT2D eigenvalue weighted by Crippen LogP contribution is 2.39. The predicted molar refractivity (Wildman–Crippen MR) is 108 cm³/mol. The van der Waals surface area contributed by atoms with E-state index in [9.17, 15) is 4.39 Å². The number of fused-ring (bicyclic) bond motifs is 7. The maximum atomic E-state index is 13.9. The van der Waals surface area contributed by atoms with Crippen LogP contribution in [-0.2, 0) is 6.42 Å². The number of halogens is 1. The Labute approximate surface area is 159 Å². The van der Waals surface area contributed by atoms with Crippen molar-refractivity contribution in [3.05, 3.63) is 83.2 Å². The monoisotopic (exact) mass is 366 g/mol. The number of aromatic nitrogens is 4. The molecule has 3 aromatic heterocycles. The minimum atomic E-state index is -0.230. The van der Waals surface area contributed by atoms with Crippen molar-refractivity contribution in [2.75, 3.05) is 0 Å². The van der Waals surface area contributed by atoms with E-state index in [4.69, 9.17) is 4.98 Å². The maximum absolute atomic E-state index is 13.9. The Morgan fingerprint density at radius 3 is 2.50 bits per heavy atom. The standard InChI is InChI=1S/C23H15FN4/c1-12-10-13-6-7-14(24)11-17(13)18(12)23-27-21-15-4-2-8-25-19(15)20-16(22(21)28-23)5-3-9-26-20/h2-9,11H,10H2,1H3,(H,27,28). The lowest BCUT2D eigenvalue weighted by Crippen LogP contribution is -1.91. The molecular weight excluding hydrogens is 351 g/mol. The minimum absolute atomic E-state index is 0.230. The SMILES string of the molecule is CC1=C(c2nc3c4cccnc4c4ncccc4c3[nH]2)c2cc(F)ccc2C1. The number of benzene rings is 2. The molecule has 0 aliphatic heterocycles. The molecule has 1 aliphatic rings. The Morgan fingerprint density at radius 1 is 0.929 bits per heavy atom. The summed E-state index contributed by atoms with van der Waals surface area (Å²) in [5.41, 5.74) is 7.71. The molecule has 2 aromatic carbocycles. The third-order valence-electron chi connectivity index (χ3n) is 5.53. The van der Waals surface area contributed by atoms with Gasteiger partial charge in [0.1, 0.15) is 11.6 Å². The molecule has 6 rings (SSSR count). The summed E-state index contributed by atoms with van der Waals surface area (Å²) in [6.45, 7) is 2.08. The van der Waals surface area contributed by atoms with E-state index in [2.05, 4.69) is 21.9 Å². The molecule has 0 atom stereocenters. The van der Waals surface area contributed by atoms with Crippen LogP contribution in [0.4, 0.5) is 4.39 Å². The normalized spacial score (nSPS) is 13.8. The Bertz CT molecular complexity index is 1390. The van der Waals surface area contributed by atoms with Crippen molar-refractivity contribution in [1.82, 2.24) is 19.9 Å². The molecule has 0 saturated carbocycles. The molecule has 28 heavy (non-hydrogen) atoms. The quantitative estimate of drug-likeness (QED) is 0.416. The summed E-state index contributed by atoms with van der Waals surface area (Å²) < 4.78 is 13.9. The molecule has 0 bridgehead atoms. The molecule has 1 N–H and O–H groups in total. The van der Waals surface area contributed by atoms with Crippen LogP contribution in [0, 0.1) is 5.82 Å². The highest BCUT2D eigenvalue weighted by Gasteiger charge is 2.24. The minimum Gasteiger partial charge on any atom is -0.337 e. The van der Waals surface area contributed by atoms with E-state index in [-0.39, 0.29) is 5.82 Å². The highest BCUT2D eigenvalue weighted by molar-refractivity contribution is 6.20. The number of aromatic amines is 1. The maximum Gasteiger partial charge on any atom is 0.139 e. The molecule has 0 fully saturated rings. The van der Waals surface area contributed by atoms with Crippen molar-refractivity contribution < 1.29 is 4.39 Å². The number of imidazole rings is 1. The molecule has 0 unspecified atom stereocenters. The first kappa shape index (κ1) is 15.5. The van der Waals surface area contributed by atoms with Gasteiger partial charge in [0.2, 0.25) is 0 Å². The van der Waals surface area contributed by atoms with Crippen LogP contribution >= 0.6 is 0 Å². The highest BCUT2D eigenvalue weighted by atomic mass is 19.1. The van der Waals surface area contributed by atoms with Crippen LogP contribution in [-0.4, -0.2) is 19.9 Å². The van der Waals surface area contributed by atoms with E-state index >= 15 is 0 Å². The first-order valence-corrected chi connectivity index (χ1v) is 9.21. The average Bonchev–Trinajstić information content (AvgIpc) is 3.28. The van der Waals surface area contributed by atoms with Gasteiger partial charge < -0.3 is 4.98 Å². The summed E-state index contributed by atoms with van der Waals surface area (Å²) >= 11 is 0. The average molecular weight is 366 g/mol. The van der Waals surface area contributed by atoms with Crippen LogP contribution in [0.5, 0.6) is 0 Å². The van der Waals surface area contributed by atoms with E-state index in [1.54, 1.807) is 18.5 Å².